The normalized spacial score (nSPS) is 13.0. The number of aryl methyl sites for hydroxylation is 1. The van der Waals surface area contributed by atoms with Crippen LogP contribution in [0.1, 0.15) is 32.5 Å². The van der Waals surface area contributed by atoms with Crippen molar-refractivity contribution in [3.63, 3.8) is 0 Å². The number of para-hydroxylation sites is 1. The average molecular weight is 366 g/mol. The molecular formula is C18H21F3N4O. The second-order valence-electron chi connectivity index (χ2n) is 7.11. The Bertz CT molecular complexity index is 941. The van der Waals surface area contributed by atoms with E-state index in [-0.39, 0.29) is 25.2 Å². The summed E-state index contributed by atoms with van der Waals surface area (Å²) in [6, 6.07) is 7.37. The number of imidazole rings is 1. The van der Waals surface area contributed by atoms with Crippen LogP contribution in [0.25, 0.3) is 21.9 Å². The molecule has 0 radical (unpaired) electrons. The number of alkyl halides is 3. The number of benzene rings is 1. The Hall–Kier alpha value is -2.35. The van der Waals surface area contributed by atoms with Crippen LogP contribution in [0.15, 0.2) is 24.3 Å². The van der Waals surface area contributed by atoms with E-state index in [4.69, 9.17) is 5.73 Å². The fourth-order valence-electron chi connectivity index (χ4n) is 3.10. The number of anilines is 1. The van der Waals surface area contributed by atoms with Crippen LogP contribution >= 0.6 is 0 Å². The van der Waals surface area contributed by atoms with Gasteiger partial charge in [0.2, 0.25) is 0 Å². The quantitative estimate of drug-likeness (QED) is 0.720. The third kappa shape index (κ3) is 3.90. The van der Waals surface area contributed by atoms with Crippen molar-refractivity contribution in [2.75, 3.05) is 5.73 Å². The molecule has 2 heterocycles. The lowest BCUT2D eigenvalue weighted by Crippen LogP contribution is -2.27. The molecule has 3 aromatic rings. The van der Waals surface area contributed by atoms with E-state index >= 15 is 0 Å². The van der Waals surface area contributed by atoms with Crippen molar-refractivity contribution in [2.24, 2.45) is 0 Å². The summed E-state index contributed by atoms with van der Waals surface area (Å²) < 4.78 is 39.3. The van der Waals surface area contributed by atoms with E-state index in [0.717, 1.165) is 5.39 Å². The van der Waals surface area contributed by atoms with E-state index in [9.17, 15) is 18.3 Å². The number of fused-ring (bicyclic) bond motifs is 3. The number of aliphatic hydroxyl groups is 1. The van der Waals surface area contributed by atoms with Crippen molar-refractivity contribution >= 4 is 27.8 Å². The molecule has 0 saturated heterocycles. The number of nitrogen functional groups attached to an aromatic ring is 1. The number of aromatic nitrogens is 3. The Morgan fingerprint density at radius 1 is 1.15 bits per heavy atom. The molecule has 0 aliphatic carbocycles. The maximum absolute atomic E-state index is 12.5. The van der Waals surface area contributed by atoms with Crippen molar-refractivity contribution in [1.29, 1.82) is 0 Å². The highest BCUT2D eigenvalue weighted by atomic mass is 19.4. The molecule has 2 aromatic heterocycles. The highest BCUT2D eigenvalue weighted by Gasteiger charge is 2.27. The molecule has 3 rings (SSSR count). The average Bonchev–Trinajstić information content (AvgIpc) is 2.84. The third-order valence-corrected chi connectivity index (χ3v) is 4.10. The van der Waals surface area contributed by atoms with Crippen molar-refractivity contribution < 1.29 is 18.3 Å². The van der Waals surface area contributed by atoms with E-state index in [2.05, 4.69) is 9.97 Å². The number of hydrogen-bond acceptors (Lipinski definition) is 4. The topological polar surface area (TPSA) is 77.0 Å². The van der Waals surface area contributed by atoms with Crippen LogP contribution in [0.5, 0.6) is 0 Å². The summed E-state index contributed by atoms with van der Waals surface area (Å²) in [5.41, 5.74) is 6.80. The summed E-state index contributed by atoms with van der Waals surface area (Å²) >= 11 is 0. The molecule has 8 heteroatoms. The minimum atomic E-state index is -4.21. The molecule has 0 saturated carbocycles. The van der Waals surface area contributed by atoms with Gasteiger partial charge in [-0.15, -0.1) is 0 Å². The van der Waals surface area contributed by atoms with Crippen LogP contribution in [0.4, 0.5) is 19.0 Å². The summed E-state index contributed by atoms with van der Waals surface area (Å²) in [6.07, 6.45) is -5.03. The van der Waals surface area contributed by atoms with Crippen molar-refractivity contribution in [3.05, 3.63) is 30.1 Å². The molecule has 0 fully saturated rings. The van der Waals surface area contributed by atoms with Gasteiger partial charge in [-0.25, -0.2) is 9.97 Å². The van der Waals surface area contributed by atoms with Gasteiger partial charge < -0.3 is 15.4 Å². The lowest BCUT2D eigenvalue weighted by atomic mass is 10.1. The maximum atomic E-state index is 12.5. The van der Waals surface area contributed by atoms with Crippen LogP contribution < -0.4 is 5.73 Å². The molecule has 0 atom stereocenters. The number of rotatable bonds is 5. The smallest absolute Gasteiger partial charge is 0.389 e. The molecule has 0 unspecified atom stereocenters. The lowest BCUT2D eigenvalue weighted by Gasteiger charge is -2.21. The number of pyridine rings is 1. The number of nitrogens with zero attached hydrogens (tertiary/aromatic N) is 3. The molecule has 0 amide bonds. The van der Waals surface area contributed by atoms with Crippen LogP contribution in [0, 0.1) is 0 Å². The Morgan fingerprint density at radius 3 is 2.50 bits per heavy atom. The first-order valence-corrected chi connectivity index (χ1v) is 8.38. The molecule has 3 N–H and O–H groups in total. The Kier molecular flexibility index (Phi) is 4.56. The van der Waals surface area contributed by atoms with Gasteiger partial charge in [0.25, 0.3) is 0 Å². The number of hydrogen-bond donors (Lipinski definition) is 2. The molecule has 1 aromatic carbocycles. The van der Waals surface area contributed by atoms with Gasteiger partial charge in [0.05, 0.1) is 23.2 Å². The summed E-state index contributed by atoms with van der Waals surface area (Å²) in [6.45, 7) is 3.48. The van der Waals surface area contributed by atoms with Crippen LogP contribution in [0.2, 0.25) is 0 Å². The predicted molar refractivity (Wildman–Crippen MR) is 94.7 cm³/mol. The second kappa shape index (κ2) is 6.42. The van der Waals surface area contributed by atoms with Crippen LogP contribution in [-0.4, -0.2) is 31.4 Å². The zero-order valence-corrected chi connectivity index (χ0v) is 14.6. The van der Waals surface area contributed by atoms with E-state index in [0.29, 0.717) is 22.4 Å². The van der Waals surface area contributed by atoms with E-state index in [1.54, 1.807) is 18.4 Å². The van der Waals surface area contributed by atoms with Gasteiger partial charge in [-0.1, -0.05) is 18.2 Å². The largest absolute Gasteiger partial charge is 0.389 e. The van der Waals surface area contributed by atoms with Gasteiger partial charge >= 0.3 is 6.18 Å². The monoisotopic (exact) mass is 366 g/mol. The Labute approximate surface area is 148 Å². The first-order chi connectivity index (χ1) is 12.1. The van der Waals surface area contributed by atoms with Gasteiger partial charge in [-0.3, -0.25) is 0 Å². The van der Waals surface area contributed by atoms with Crippen molar-refractivity contribution in [3.8, 4) is 0 Å². The number of halogens is 3. The molecule has 0 spiro atoms. The molecule has 5 nitrogen and oxygen atoms in total. The minimum Gasteiger partial charge on any atom is -0.389 e. The molecule has 0 aliphatic heterocycles. The van der Waals surface area contributed by atoms with Gasteiger partial charge in [0.15, 0.2) is 5.82 Å². The summed E-state index contributed by atoms with van der Waals surface area (Å²) in [5.74, 6) is 0.696. The van der Waals surface area contributed by atoms with Gasteiger partial charge in [-0.05, 0) is 26.3 Å². The third-order valence-electron chi connectivity index (χ3n) is 4.10. The van der Waals surface area contributed by atoms with Crippen molar-refractivity contribution in [1.82, 2.24) is 14.5 Å². The number of nitrogens with two attached hydrogens (primary N) is 1. The first kappa shape index (κ1) is 18.4. The van der Waals surface area contributed by atoms with Gasteiger partial charge in [0.1, 0.15) is 11.3 Å². The lowest BCUT2D eigenvalue weighted by molar-refractivity contribution is -0.135. The second-order valence-corrected chi connectivity index (χ2v) is 7.11. The van der Waals surface area contributed by atoms with Gasteiger partial charge in [0, 0.05) is 18.2 Å². The van der Waals surface area contributed by atoms with Crippen molar-refractivity contribution in [2.45, 2.75) is 51.4 Å². The van der Waals surface area contributed by atoms with Crippen LogP contribution in [-0.2, 0) is 13.0 Å². The molecule has 26 heavy (non-hydrogen) atoms. The first-order valence-electron chi connectivity index (χ1n) is 8.38. The van der Waals surface area contributed by atoms with E-state index < -0.39 is 18.2 Å². The zero-order chi connectivity index (χ0) is 19.1. The molecule has 0 aliphatic rings. The molecule has 0 bridgehead atoms. The maximum Gasteiger partial charge on any atom is 0.389 e. The summed E-state index contributed by atoms with van der Waals surface area (Å²) in [5, 5.41) is 11.1. The highest BCUT2D eigenvalue weighted by molar-refractivity contribution is 6.06. The molecule has 140 valence electrons. The van der Waals surface area contributed by atoms with Crippen LogP contribution in [0.3, 0.4) is 0 Å². The summed E-state index contributed by atoms with van der Waals surface area (Å²) in [7, 11) is 0. The van der Waals surface area contributed by atoms with E-state index in [1.807, 2.05) is 24.3 Å². The van der Waals surface area contributed by atoms with E-state index in [1.165, 1.54) is 0 Å². The predicted octanol–water partition coefficient (Wildman–Crippen LogP) is 3.82. The standard InChI is InChI=1S/C18H21F3N4O/c1-17(2,26)10-25-13(8-5-9-18(19,20)21)24-14-15(25)11-6-3-4-7-12(11)23-16(14)22/h3-4,6-7,26H,5,8-10H2,1-2H3,(H2,22,23). The summed E-state index contributed by atoms with van der Waals surface area (Å²) in [4.78, 5) is 8.80. The Balaban J connectivity index is 2.15. The highest BCUT2D eigenvalue weighted by Crippen LogP contribution is 2.31. The minimum absolute atomic E-state index is 0.0794. The fourth-order valence-corrected chi connectivity index (χ4v) is 3.10. The fraction of sp³-hybridized carbons (Fsp3) is 0.444. The molecular weight excluding hydrogens is 345 g/mol. The SMILES string of the molecule is CC(C)(O)Cn1c(CCCC(F)(F)F)nc2c(N)nc3ccccc3c21. The van der Waals surface area contributed by atoms with Gasteiger partial charge in [-0.2, -0.15) is 13.2 Å². The zero-order valence-electron chi connectivity index (χ0n) is 14.6. The Morgan fingerprint density at radius 2 is 1.85 bits per heavy atom.